The first-order chi connectivity index (χ1) is 8.90. The zero-order valence-electron chi connectivity index (χ0n) is 12.6. The summed E-state index contributed by atoms with van der Waals surface area (Å²) in [5.74, 6) is 0.781. The van der Waals surface area contributed by atoms with E-state index in [9.17, 15) is 13.2 Å². The van der Waals surface area contributed by atoms with E-state index in [4.69, 9.17) is 0 Å². The van der Waals surface area contributed by atoms with Crippen LogP contribution in [0.3, 0.4) is 0 Å². The van der Waals surface area contributed by atoms with E-state index in [0.717, 1.165) is 31.9 Å². The molecule has 0 aliphatic heterocycles. The smallest absolute Gasteiger partial charge is 0.357 e. The minimum Gasteiger partial charge on any atom is -0.357 e. The SMILES string of the molecule is CCCCN(C)C(=NCCCCC(F)(F)F)NCC.I. The number of halogens is 4. The molecule has 122 valence electrons. The zero-order valence-corrected chi connectivity index (χ0v) is 14.9. The molecule has 0 aromatic rings. The van der Waals surface area contributed by atoms with Crippen LogP contribution in [0.25, 0.3) is 0 Å². The maximum absolute atomic E-state index is 12.0. The molecule has 0 spiro atoms. The molecule has 0 aromatic heterocycles. The monoisotopic (exact) mass is 409 g/mol. The number of nitrogens with zero attached hydrogens (tertiary/aromatic N) is 2. The summed E-state index contributed by atoms with van der Waals surface area (Å²) in [4.78, 5) is 6.37. The van der Waals surface area contributed by atoms with Crippen molar-refractivity contribution in [2.75, 3.05) is 26.7 Å². The van der Waals surface area contributed by atoms with Crippen LogP contribution in [0.5, 0.6) is 0 Å². The van der Waals surface area contributed by atoms with Crippen LogP contribution in [-0.4, -0.2) is 43.7 Å². The molecule has 7 heteroatoms. The van der Waals surface area contributed by atoms with E-state index in [2.05, 4.69) is 17.2 Å². The molecule has 0 aliphatic carbocycles. The van der Waals surface area contributed by atoms with E-state index < -0.39 is 12.6 Å². The molecule has 0 aliphatic rings. The normalized spacial score (nSPS) is 12.0. The van der Waals surface area contributed by atoms with Gasteiger partial charge in [-0.05, 0) is 26.2 Å². The van der Waals surface area contributed by atoms with Crippen molar-refractivity contribution in [3.05, 3.63) is 0 Å². The Kier molecular flexibility index (Phi) is 13.8. The second kappa shape index (κ2) is 12.5. The van der Waals surface area contributed by atoms with Crippen LogP contribution in [0.4, 0.5) is 13.2 Å². The Balaban J connectivity index is 0. The van der Waals surface area contributed by atoms with Crippen molar-refractivity contribution in [2.45, 2.75) is 52.1 Å². The third-order valence-electron chi connectivity index (χ3n) is 2.67. The third-order valence-corrected chi connectivity index (χ3v) is 2.67. The van der Waals surface area contributed by atoms with E-state index in [1.165, 1.54) is 0 Å². The highest BCUT2D eigenvalue weighted by molar-refractivity contribution is 14.0. The Morgan fingerprint density at radius 2 is 1.80 bits per heavy atom. The van der Waals surface area contributed by atoms with Gasteiger partial charge in [-0.1, -0.05) is 13.3 Å². The number of hydrogen-bond acceptors (Lipinski definition) is 1. The lowest BCUT2D eigenvalue weighted by atomic mass is 10.2. The molecule has 0 amide bonds. The molecule has 0 unspecified atom stereocenters. The summed E-state index contributed by atoms with van der Waals surface area (Å²) < 4.78 is 35.9. The van der Waals surface area contributed by atoms with E-state index in [1.807, 2.05) is 18.9 Å². The van der Waals surface area contributed by atoms with Crippen LogP contribution in [0.1, 0.15) is 46.0 Å². The van der Waals surface area contributed by atoms with Gasteiger partial charge < -0.3 is 10.2 Å². The summed E-state index contributed by atoms with van der Waals surface area (Å²) in [7, 11) is 1.95. The van der Waals surface area contributed by atoms with Gasteiger partial charge in [0.1, 0.15) is 0 Å². The minimum atomic E-state index is -4.05. The number of alkyl halides is 3. The first-order valence-corrected chi connectivity index (χ1v) is 6.97. The summed E-state index contributed by atoms with van der Waals surface area (Å²) in [5, 5.41) is 3.15. The van der Waals surface area contributed by atoms with Crippen LogP contribution in [-0.2, 0) is 0 Å². The van der Waals surface area contributed by atoms with Crippen LogP contribution in [0.15, 0.2) is 4.99 Å². The molecule has 0 bridgehead atoms. The molecule has 3 nitrogen and oxygen atoms in total. The molecule has 0 fully saturated rings. The van der Waals surface area contributed by atoms with Crippen LogP contribution in [0.2, 0.25) is 0 Å². The number of guanidine groups is 1. The lowest BCUT2D eigenvalue weighted by Gasteiger charge is -2.21. The van der Waals surface area contributed by atoms with Crippen molar-refractivity contribution in [1.82, 2.24) is 10.2 Å². The highest BCUT2D eigenvalue weighted by atomic mass is 127. The molecule has 20 heavy (non-hydrogen) atoms. The zero-order chi connectivity index (χ0) is 14.7. The summed E-state index contributed by atoms with van der Waals surface area (Å²) in [6.07, 6.45) is -1.97. The summed E-state index contributed by atoms with van der Waals surface area (Å²) in [6.45, 7) is 6.21. The van der Waals surface area contributed by atoms with E-state index in [-0.39, 0.29) is 30.4 Å². The molecule has 0 rings (SSSR count). The van der Waals surface area contributed by atoms with Crippen molar-refractivity contribution in [1.29, 1.82) is 0 Å². The molecule has 0 saturated carbocycles. The average molecular weight is 409 g/mol. The van der Waals surface area contributed by atoms with Gasteiger partial charge in [-0.25, -0.2) is 0 Å². The van der Waals surface area contributed by atoms with E-state index in [0.29, 0.717) is 13.0 Å². The second-order valence-corrected chi connectivity index (χ2v) is 4.58. The predicted octanol–water partition coefficient (Wildman–Crippen LogP) is 4.03. The first kappa shape index (κ1) is 22.1. The summed E-state index contributed by atoms with van der Waals surface area (Å²) in [6, 6.07) is 0. The van der Waals surface area contributed by atoms with Crippen LogP contribution >= 0.6 is 24.0 Å². The highest BCUT2D eigenvalue weighted by Crippen LogP contribution is 2.21. The van der Waals surface area contributed by atoms with Gasteiger partial charge in [-0.2, -0.15) is 13.2 Å². The van der Waals surface area contributed by atoms with E-state index >= 15 is 0 Å². The Morgan fingerprint density at radius 1 is 1.15 bits per heavy atom. The molecular weight excluding hydrogens is 382 g/mol. The van der Waals surface area contributed by atoms with E-state index in [1.54, 1.807) is 0 Å². The van der Waals surface area contributed by atoms with Crippen molar-refractivity contribution >= 4 is 29.9 Å². The quantitative estimate of drug-likeness (QED) is 0.284. The number of rotatable bonds is 8. The largest absolute Gasteiger partial charge is 0.389 e. The van der Waals surface area contributed by atoms with Gasteiger partial charge in [-0.15, -0.1) is 24.0 Å². The Bertz CT molecular complexity index is 258. The van der Waals surface area contributed by atoms with Crippen LogP contribution < -0.4 is 5.32 Å². The van der Waals surface area contributed by atoms with Crippen molar-refractivity contribution in [2.24, 2.45) is 4.99 Å². The summed E-state index contributed by atoms with van der Waals surface area (Å²) in [5.41, 5.74) is 0. The van der Waals surface area contributed by atoms with Gasteiger partial charge in [0.05, 0.1) is 0 Å². The molecule has 0 atom stereocenters. The van der Waals surface area contributed by atoms with Gasteiger partial charge >= 0.3 is 6.18 Å². The van der Waals surface area contributed by atoms with Gasteiger partial charge in [0.25, 0.3) is 0 Å². The number of unbranched alkanes of at least 4 members (excludes halogenated alkanes) is 2. The van der Waals surface area contributed by atoms with Gasteiger partial charge in [0.15, 0.2) is 5.96 Å². The van der Waals surface area contributed by atoms with Crippen molar-refractivity contribution in [3.8, 4) is 0 Å². The number of nitrogens with one attached hydrogen (secondary N) is 1. The topological polar surface area (TPSA) is 27.6 Å². The second-order valence-electron chi connectivity index (χ2n) is 4.58. The van der Waals surface area contributed by atoms with Crippen molar-refractivity contribution in [3.63, 3.8) is 0 Å². The molecular formula is C13H27F3IN3. The lowest BCUT2D eigenvalue weighted by Crippen LogP contribution is -2.39. The fourth-order valence-electron chi connectivity index (χ4n) is 1.59. The van der Waals surface area contributed by atoms with Crippen LogP contribution in [0, 0.1) is 0 Å². The predicted molar refractivity (Wildman–Crippen MR) is 88.8 cm³/mol. The molecule has 0 radical (unpaired) electrons. The van der Waals surface area contributed by atoms with Gasteiger partial charge in [-0.3, -0.25) is 4.99 Å². The fourth-order valence-corrected chi connectivity index (χ4v) is 1.59. The Hall–Kier alpha value is -0.210. The lowest BCUT2D eigenvalue weighted by molar-refractivity contribution is -0.135. The van der Waals surface area contributed by atoms with Gasteiger partial charge in [0.2, 0.25) is 0 Å². The Labute approximate surface area is 137 Å². The maximum atomic E-state index is 12.0. The molecule has 0 aromatic carbocycles. The van der Waals surface area contributed by atoms with Gasteiger partial charge in [0, 0.05) is 33.1 Å². The number of hydrogen-bond donors (Lipinski definition) is 1. The third kappa shape index (κ3) is 12.8. The molecule has 0 saturated heterocycles. The summed E-state index contributed by atoms with van der Waals surface area (Å²) >= 11 is 0. The number of aliphatic imine (C=N–C) groups is 1. The standard InChI is InChI=1S/C13H26F3N3.HI/c1-4-6-11-19(3)12(17-5-2)18-10-8-7-9-13(14,15)16;/h4-11H2,1-3H3,(H,17,18);1H. The fraction of sp³-hybridized carbons (Fsp3) is 0.923. The Morgan fingerprint density at radius 3 is 2.30 bits per heavy atom. The molecule has 1 N–H and O–H groups in total. The van der Waals surface area contributed by atoms with Crippen molar-refractivity contribution < 1.29 is 13.2 Å². The molecule has 0 heterocycles. The maximum Gasteiger partial charge on any atom is 0.389 e. The minimum absolute atomic E-state index is 0. The highest BCUT2D eigenvalue weighted by Gasteiger charge is 2.25. The average Bonchev–Trinajstić information content (AvgIpc) is 2.32. The first-order valence-electron chi connectivity index (χ1n) is 6.97.